The van der Waals surface area contributed by atoms with Crippen LogP contribution in [0.25, 0.3) is 10.8 Å². The monoisotopic (exact) mass is 417 g/mol. The van der Waals surface area contributed by atoms with Crippen molar-refractivity contribution in [3.05, 3.63) is 77.8 Å². The number of aliphatic hydroxyl groups is 1. The summed E-state index contributed by atoms with van der Waals surface area (Å²) in [7, 11) is 0. The van der Waals surface area contributed by atoms with Crippen molar-refractivity contribution in [2.24, 2.45) is 0 Å². The van der Waals surface area contributed by atoms with Gasteiger partial charge in [0.2, 0.25) is 11.7 Å². The lowest BCUT2D eigenvalue weighted by Crippen LogP contribution is -2.42. The molecule has 4 heterocycles. The number of rotatable bonds is 3. The first-order valence-corrected chi connectivity index (χ1v) is 10.2. The molecule has 3 aromatic heterocycles. The first-order valence-electron chi connectivity index (χ1n) is 10.2. The van der Waals surface area contributed by atoms with Gasteiger partial charge in [0.25, 0.3) is 5.91 Å². The van der Waals surface area contributed by atoms with E-state index in [1.807, 2.05) is 43.5 Å². The molecule has 5 rings (SSSR count). The third-order valence-electron chi connectivity index (χ3n) is 5.66. The molecule has 158 valence electrons. The first kappa shape index (κ1) is 19.4. The van der Waals surface area contributed by atoms with Gasteiger partial charge in [0.15, 0.2) is 0 Å². The summed E-state index contributed by atoms with van der Waals surface area (Å²) in [6, 6.07) is 9.54. The van der Waals surface area contributed by atoms with Gasteiger partial charge < -0.3 is 19.4 Å². The Balaban J connectivity index is 1.60. The van der Waals surface area contributed by atoms with Crippen LogP contribution in [0, 0.1) is 0 Å². The van der Waals surface area contributed by atoms with E-state index in [0.717, 1.165) is 27.9 Å². The number of imidazole rings is 1. The maximum Gasteiger partial charge on any atom is 0.292 e. The Morgan fingerprint density at radius 3 is 2.71 bits per heavy atom. The van der Waals surface area contributed by atoms with Crippen molar-refractivity contribution in [3.8, 4) is 0 Å². The lowest BCUT2D eigenvalue weighted by molar-refractivity contribution is 0.0437. The van der Waals surface area contributed by atoms with Gasteiger partial charge in [-0.1, -0.05) is 31.2 Å². The zero-order valence-corrected chi connectivity index (χ0v) is 17.5. The molecule has 1 amide bonds. The Bertz CT molecular complexity index is 1270. The predicted molar refractivity (Wildman–Crippen MR) is 113 cm³/mol. The summed E-state index contributed by atoms with van der Waals surface area (Å²) in [4.78, 5) is 31.7. The molecule has 8 heteroatoms. The molecule has 4 aromatic rings. The zero-order valence-electron chi connectivity index (χ0n) is 17.5. The number of amides is 1. The molecule has 31 heavy (non-hydrogen) atoms. The number of benzene rings is 1. The van der Waals surface area contributed by atoms with Crippen molar-refractivity contribution in [3.63, 3.8) is 0 Å². The number of H-pyrrole nitrogens is 1. The molecule has 0 radical (unpaired) electrons. The number of hydrogen-bond donors (Lipinski definition) is 2. The predicted octanol–water partition coefficient (Wildman–Crippen LogP) is 3.52. The van der Waals surface area contributed by atoms with E-state index in [4.69, 9.17) is 4.42 Å². The lowest BCUT2D eigenvalue weighted by Gasteiger charge is -2.37. The average Bonchev–Trinajstić information content (AvgIpc) is 3.43. The number of nitrogens with one attached hydrogen (secondary N) is 1. The molecule has 2 N–H and O–H groups in total. The third-order valence-corrected chi connectivity index (χ3v) is 5.66. The number of aromatic nitrogens is 4. The lowest BCUT2D eigenvalue weighted by atomic mass is 9.92. The van der Waals surface area contributed by atoms with Gasteiger partial charge in [0.05, 0.1) is 29.6 Å². The molecular formula is C23H23N5O3. The second kappa shape index (κ2) is 7.02. The number of carbonyl (C=O) groups excluding carboxylic acids is 1. The molecule has 0 fully saturated rings. The van der Waals surface area contributed by atoms with Crippen molar-refractivity contribution < 1.29 is 14.3 Å². The van der Waals surface area contributed by atoms with E-state index in [1.54, 1.807) is 25.1 Å². The number of pyridine rings is 1. The van der Waals surface area contributed by atoms with Gasteiger partial charge in [-0.15, -0.1) is 0 Å². The molecule has 2 atom stereocenters. The fraction of sp³-hybridized carbons (Fsp3) is 0.304. The van der Waals surface area contributed by atoms with E-state index in [0.29, 0.717) is 6.54 Å². The largest absolute Gasteiger partial charge is 0.432 e. The van der Waals surface area contributed by atoms with Crippen LogP contribution in [0.3, 0.4) is 0 Å². The standard InChI is InChI=1S/C23H23N5O3/c1-13-11-28(21(29)17-10-25-22(31-17)23(2,3)30)20(19-18(13)26-12-27-19)16-8-14-6-4-5-7-15(14)9-24-16/h4-10,12-13,20,30H,11H2,1-3H3,(H,26,27)/t13-,20-/m0/s1. The second-order valence-corrected chi connectivity index (χ2v) is 8.51. The molecular weight excluding hydrogens is 394 g/mol. The fourth-order valence-electron chi connectivity index (χ4n) is 4.12. The summed E-state index contributed by atoms with van der Waals surface area (Å²) in [5.74, 6) is -0.0877. The molecule has 0 spiro atoms. The Hall–Kier alpha value is -3.52. The molecule has 0 unspecified atom stereocenters. The maximum atomic E-state index is 13.5. The quantitative estimate of drug-likeness (QED) is 0.528. The number of aromatic amines is 1. The zero-order chi connectivity index (χ0) is 21.8. The highest BCUT2D eigenvalue weighted by Crippen LogP contribution is 2.39. The molecule has 1 aliphatic heterocycles. The van der Waals surface area contributed by atoms with Crippen LogP contribution in [0.2, 0.25) is 0 Å². The van der Waals surface area contributed by atoms with Gasteiger partial charge in [0.1, 0.15) is 11.6 Å². The van der Waals surface area contributed by atoms with Gasteiger partial charge in [-0.25, -0.2) is 9.97 Å². The minimum atomic E-state index is -1.27. The molecule has 0 saturated heterocycles. The summed E-state index contributed by atoms with van der Waals surface area (Å²) < 4.78 is 5.62. The van der Waals surface area contributed by atoms with Gasteiger partial charge in [-0.05, 0) is 25.3 Å². The molecule has 1 aromatic carbocycles. The Kier molecular flexibility index (Phi) is 4.40. The van der Waals surface area contributed by atoms with Crippen molar-refractivity contribution in [2.45, 2.75) is 38.3 Å². The Labute approximate surface area is 179 Å². The molecule has 0 aliphatic carbocycles. The minimum Gasteiger partial charge on any atom is -0.432 e. The number of fused-ring (bicyclic) bond motifs is 2. The minimum absolute atomic E-state index is 0.0404. The summed E-state index contributed by atoms with van der Waals surface area (Å²) >= 11 is 0. The van der Waals surface area contributed by atoms with E-state index in [1.165, 1.54) is 6.20 Å². The van der Waals surface area contributed by atoms with E-state index in [9.17, 15) is 9.90 Å². The normalized spacial score (nSPS) is 18.9. The first-order chi connectivity index (χ1) is 14.8. The van der Waals surface area contributed by atoms with Crippen LogP contribution in [-0.2, 0) is 5.60 Å². The number of oxazole rings is 1. The van der Waals surface area contributed by atoms with Crippen LogP contribution in [0.15, 0.2) is 53.5 Å². The van der Waals surface area contributed by atoms with Gasteiger partial charge >= 0.3 is 0 Å². The fourth-order valence-corrected chi connectivity index (χ4v) is 4.12. The van der Waals surface area contributed by atoms with Crippen LogP contribution in [0.4, 0.5) is 0 Å². The molecule has 8 nitrogen and oxygen atoms in total. The van der Waals surface area contributed by atoms with Crippen LogP contribution in [-0.4, -0.2) is 42.4 Å². The van der Waals surface area contributed by atoms with Gasteiger partial charge in [0, 0.05) is 24.0 Å². The smallest absolute Gasteiger partial charge is 0.292 e. The number of carbonyl (C=O) groups is 1. The van der Waals surface area contributed by atoms with Crippen LogP contribution in [0.5, 0.6) is 0 Å². The number of hydrogen-bond acceptors (Lipinski definition) is 6. The second-order valence-electron chi connectivity index (χ2n) is 8.51. The highest BCUT2D eigenvalue weighted by Gasteiger charge is 2.39. The van der Waals surface area contributed by atoms with Gasteiger partial charge in [-0.3, -0.25) is 9.78 Å². The summed E-state index contributed by atoms with van der Waals surface area (Å²) in [5.41, 5.74) is 1.24. The van der Waals surface area contributed by atoms with Crippen molar-refractivity contribution in [1.29, 1.82) is 0 Å². The molecule has 1 aliphatic rings. The van der Waals surface area contributed by atoms with Crippen LogP contribution < -0.4 is 0 Å². The van der Waals surface area contributed by atoms with E-state index in [-0.39, 0.29) is 23.5 Å². The number of nitrogens with zero attached hydrogens (tertiary/aromatic N) is 4. The molecule has 0 bridgehead atoms. The summed E-state index contributed by atoms with van der Waals surface area (Å²) in [6.45, 7) is 5.62. The third kappa shape index (κ3) is 3.29. The van der Waals surface area contributed by atoms with Crippen molar-refractivity contribution >= 4 is 16.7 Å². The van der Waals surface area contributed by atoms with Crippen LogP contribution in [0.1, 0.15) is 66.3 Å². The Morgan fingerprint density at radius 2 is 1.97 bits per heavy atom. The summed E-state index contributed by atoms with van der Waals surface area (Å²) in [5, 5.41) is 12.2. The van der Waals surface area contributed by atoms with Gasteiger partial charge in [-0.2, -0.15) is 0 Å². The maximum absolute atomic E-state index is 13.5. The van der Waals surface area contributed by atoms with E-state index < -0.39 is 11.6 Å². The van der Waals surface area contributed by atoms with E-state index >= 15 is 0 Å². The van der Waals surface area contributed by atoms with Crippen molar-refractivity contribution in [1.82, 2.24) is 24.8 Å². The topological polar surface area (TPSA) is 108 Å². The average molecular weight is 417 g/mol. The summed E-state index contributed by atoms with van der Waals surface area (Å²) in [6.07, 6.45) is 4.85. The Morgan fingerprint density at radius 1 is 1.19 bits per heavy atom. The highest BCUT2D eigenvalue weighted by molar-refractivity contribution is 5.92. The van der Waals surface area contributed by atoms with Crippen LogP contribution >= 0.6 is 0 Å². The SMILES string of the molecule is C[C@H]1CN(C(=O)c2cnc(C(C)(C)O)o2)[C@@H](c2cc3ccccc3cn2)c2[nH]cnc21. The van der Waals surface area contributed by atoms with Crippen molar-refractivity contribution in [2.75, 3.05) is 6.54 Å². The van der Waals surface area contributed by atoms with E-state index in [2.05, 4.69) is 19.9 Å². The molecule has 0 saturated carbocycles. The highest BCUT2D eigenvalue weighted by atomic mass is 16.4.